The first-order chi connectivity index (χ1) is 21.2. The van der Waals surface area contributed by atoms with Crippen LogP contribution < -0.4 is 15.4 Å². The van der Waals surface area contributed by atoms with E-state index in [4.69, 9.17) is 9.97 Å². The molecule has 1 aromatic carbocycles. The van der Waals surface area contributed by atoms with Gasteiger partial charge in [-0.15, -0.1) is 0 Å². The minimum absolute atomic E-state index is 0.0774. The Morgan fingerprint density at radius 2 is 1.95 bits per heavy atom. The molecule has 3 aliphatic rings. The summed E-state index contributed by atoms with van der Waals surface area (Å²) < 4.78 is 30.3. The summed E-state index contributed by atoms with van der Waals surface area (Å²) in [4.78, 5) is 44.3. The SMILES string of the molecule is C=CC(=O)N1CCN(c2nc(N3CC(N(CC)CC)C3)nc3c(=O)n(-c4cccc5c4CCC5(F)F)ncc23)CC1CC#N. The number of nitriles is 1. The summed E-state index contributed by atoms with van der Waals surface area (Å²) in [5.74, 6) is -2.31. The third kappa shape index (κ3) is 4.96. The van der Waals surface area contributed by atoms with Crippen molar-refractivity contribution < 1.29 is 13.6 Å². The monoisotopic (exact) mass is 603 g/mol. The molecule has 2 saturated heterocycles. The average molecular weight is 604 g/mol. The van der Waals surface area contributed by atoms with E-state index < -0.39 is 17.5 Å². The Morgan fingerprint density at radius 1 is 1.18 bits per heavy atom. The lowest BCUT2D eigenvalue weighted by atomic mass is 10.1. The van der Waals surface area contributed by atoms with Crippen LogP contribution in [0.1, 0.15) is 37.8 Å². The fourth-order valence-corrected chi connectivity index (χ4v) is 6.67. The number of carbonyl (C=O) groups is 1. The number of carbonyl (C=O) groups excluding carboxylic acids is 1. The molecule has 2 aliphatic heterocycles. The summed E-state index contributed by atoms with van der Waals surface area (Å²) in [6, 6.07) is 6.67. The van der Waals surface area contributed by atoms with Gasteiger partial charge in [0.05, 0.1) is 35.8 Å². The minimum Gasteiger partial charge on any atom is -0.352 e. The van der Waals surface area contributed by atoms with Crippen LogP contribution in [0.15, 0.2) is 41.8 Å². The summed E-state index contributed by atoms with van der Waals surface area (Å²) in [7, 11) is 0. The average Bonchev–Trinajstić information content (AvgIpc) is 3.32. The van der Waals surface area contributed by atoms with E-state index in [-0.39, 0.29) is 36.2 Å². The number of benzene rings is 1. The molecule has 4 heterocycles. The van der Waals surface area contributed by atoms with E-state index in [0.29, 0.717) is 67.2 Å². The predicted octanol–water partition coefficient (Wildman–Crippen LogP) is 2.86. The standard InChI is InChI=1S/C31H35F2N9O2/c1-4-26(43)41-15-14-39(17-20(41)11-13-34)28-23-16-35-42(25-9-7-8-24-22(25)10-12-31(24,32)33)29(44)27(23)36-30(37-28)40-18-21(19-40)38(5-2)6-3/h4,7-9,16,20-21H,1,5-6,10-12,14-15,17-19H2,2-3H3. The highest BCUT2D eigenvalue weighted by Gasteiger charge is 2.41. The summed E-state index contributed by atoms with van der Waals surface area (Å²) in [6.07, 6.45) is 2.71. The van der Waals surface area contributed by atoms with Crippen LogP contribution in [0, 0.1) is 11.3 Å². The number of halogens is 2. The number of alkyl halides is 2. The van der Waals surface area contributed by atoms with Crippen molar-refractivity contribution in [3.8, 4) is 11.8 Å². The highest BCUT2D eigenvalue weighted by Crippen LogP contribution is 2.43. The number of anilines is 2. The van der Waals surface area contributed by atoms with Gasteiger partial charge in [-0.1, -0.05) is 32.6 Å². The second-order valence-corrected chi connectivity index (χ2v) is 11.5. The van der Waals surface area contributed by atoms with Crippen molar-refractivity contribution in [2.45, 2.75) is 51.1 Å². The third-order valence-electron chi connectivity index (χ3n) is 9.11. The summed E-state index contributed by atoms with van der Waals surface area (Å²) in [5.41, 5.74) is 0.268. The molecular formula is C31H35F2N9O2. The number of likely N-dealkylation sites (N-methyl/N-ethyl adjacent to an activating group) is 1. The molecule has 0 bridgehead atoms. The van der Waals surface area contributed by atoms with Crippen molar-refractivity contribution in [2.75, 3.05) is 55.6 Å². The normalized spacial score (nSPS) is 19.6. The van der Waals surface area contributed by atoms with Crippen LogP contribution in [-0.2, 0) is 17.1 Å². The smallest absolute Gasteiger partial charge is 0.298 e. The number of piperazine rings is 1. The van der Waals surface area contributed by atoms with Gasteiger partial charge in [0.1, 0.15) is 11.3 Å². The van der Waals surface area contributed by atoms with Crippen molar-refractivity contribution in [3.05, 3.63) is 58.5 Å². The predicted molar refractivity (Wildman–Crippen MR) is 162 cm³/mol. The van der Waals surface area contributed by atoms with Crippen LogP contribution in [-0.4, -0.2) is 93.4 Å². The molecule has 2 fully saturated rings. The molecule has 0 saturated carbocycles. The summed E-state index contributed by atoms with van der Waals surface area (Å²) >= 11 is 0. The van der Waals surface area contributed by atoms with E-state index >= 15 is 0 Å². The Bertz CT molecular complexity index is 1710. The number of hydrogen-bond acceptors (Lipinski definition) is 9. The van der Waals surface area contributed by atoms with Gasteiger partial charge in [0, 0.05) is 50.7 Å². The van der Waals surface area contributed by atoms with E-state index in [1.165, 1.54) is 24.4 Å². The first kappa shape index (κ1) is 29.6. The van der Waals surface area contributed by atoms with Crippen molar-refractivity contribution >= 4 is 28.6 Å². The molecule has 0 spiro atoms. The molecule has 1 amide bonds. The molecular weight excluding hydrogens is 568 g/mol. The van der Waals surface area contributed by atoms with Gasteiger partial charge in [-0.25, -0.2) is 13.8 Å². The van der Waals surface area contributed by atoms with Crippen molar-refractivity contribution in [2.24, 2.45) is 0 Å². The zero-order valence-electron chi connectivity index (χ0n) is 24.9. The van der Waals surface area contributed by atoms with Crippen molar-refractivity contribution in [1.29, 1.82) is 5.26 Å². The molecule has 0 N–H and O–H groups in total. The number of amides is 1. The second kappa shape index (κ2) is 11.6. The number of hydrogen-bond donors (Lipinski definition) is 0. The molecule has 6 rings (SSSR count). The van der Waals surface area contributed by atoms with Crippen molar-refractivity contribution in [1.82, 2.24) is 29.5 Å². The van der Waals surface area contributed by atoms with Crippen LogP contribution in [0.4, 0.5) is 20.5 Å². The number of rotatable bonds is 8. The van der Waals surface area contributed by atoms with Gasteiger partial charge in [-0.3, -0.25) is 14.5 Å². The van der Waals surface area contributed by atoms with Crippen LogP contribution in [0.25, 0.3) is 16.6 Å². The Labute approximate surface area is 254 Å². The maximum Gasteiger partial charge on any atom is 0.298 e. The molecule has 0 radical (unpaired) electrons. The molecule has 1 atom stereocenters. The maximum absolute atomic E-state index is 14.6. The second-order valence-electron chi connectivity index (χ2n) is 11.5. The van der Waals surface area contributed by atoms with Crippen LogP contribution in [0.3, 0.4) is 0 Å². The van der Waals surface area contributed by atoms with Crippen molar-refractivity contribution in [3.63, 3.8) is 0 Å². The minimum atomic E-state index is -2.96. The zero-order chi connectivity index (χ0) is 31.2. The topological polar surface area (TPSA) is 114 Å². The lowest BCUT2D eigenvalue weighted by Gasteiger charge is -2.45. The van der Waals surface area contributed by atoms with Gasteiger partial charge in [0.25, 0.3) is 11.5 Å². The van der Waals surface area contributed by atoms with Gasteiger partial charge in [-0.2, -0.15) is 20.0 Å². The van der Waals surface area contributed by atoms with Crippen LogP contribution in [0.2, 0.25) is 0 Å². The Hall–Kier alpha value is -4.44. The van der Waals surface area contributed by atoms with E-state index in [2.05, 4.69) is 36.5 Å². The molecule has 1 unspecified atom stereocenters. The Kier molecular flexibility index (Phi) is 7.79. The fraction of sp³-hybridized carbons (Fsp3) is 0.484. The Morgan fingerprint density at radius 3 is 2.66 bits per heavy atom. The van der Waals surface area contributed by atoms with Gasteiger partial charge in [-0.05, 0) is 37.2 Å². The van der Waals surface area contributed by atoms with Gasteiger partial charge in [0.15, 0.2) is 0 Å². The van der Waals surface area contributed by atoms with E-state index in [0.717, 1.165) is 17.8 Å². The fourth-order valence-electron chi connectivity index (χ4n) is 6.67. The summed E-state index contributed by atoms with van der Waals surface area (Å²) in [5, 5.41) is 14.4. The first-order valence-corrected chi connectivity index (χ1v) is 15.0. The lowest BCUT2D eigenvalue weighted by molar-refractivity contribution is -0.128. The summed E-state index contributed by atoms with van der Waals surface area (Å²) in [6.45, 7) is 12.2. The highest BCUT2D eigenvalue weighted by molar-refractivity contribution is 5.90. The number of aromatic nitrogens is 4. The molecule has 2 aromatic heterocycles. The quantitative estimate of drug-likeness (QED) is 0.359. The largest absolute Gasteiger partial charge is 0.352 e. The number of nitrogens with zero attached hydrogens (tertiary/aromatic N) is 9. The highest BCUT2D eigenvalue weighted by atomic mass is 19.3. The van der Waals surface area contributed by atoms with Crippen LogP contribution in [0.5, 0.6) is 0 Å². The van der Waals surface area contributed by atoms with E-state index in [1.54, 1.807) is 11.0 Å². The molecule has 3 aromatic rings. The molecule has 44 heavy (non-hydrogen) atoms. The molecule has 1 aliphatic carbocycles. The van der Waals surface area contributed by atoms with E-state index in [9.17, 15) is 23.6 Å². The van der Waals surface area contributed by atoms with Gasteiger partial charge >= 0.3 is 0 Å². The zero-order valence-corrected chi connectivity index (χ0v) is 24.9. The van der Waals surface area contributed by atoms with E-state index in [1.807, 2.05) is 9.80 Å². The maximum atomic E-state index is 14.6. The first-order valence-electron chi connectivity index (χ1n) is 15.0. The Balaban J connectivity index is 1.45. The lowest BCUT2D eigenvalue weighted by Crippen LogP contribution is -2.60. The van der Waals surface area contributed by atoms with Gasteiger partial charge < -0.3 is 14.7 Å². The molecule has 230 valence electrons. The third-order valence-corrected chi connectivity index (χ3v) is 9.11. The van der Waals surface area contributed by atoms with Gasteiger partial charge in [0.2, 0.25) is 11.9 Å². The molecule has 11 nitrogen and oxygen atoms in total. The number of fused-ring (bicyclic) bond motifs is 2. The van der Waals surface area contributed by atoms with Crippen LogP contribution >= 0.6 is 0 Å². The molecule has 13 heteroatoms.